The summed E-state index contributed by atoms with van der Waals surface area (Å²) in [6.45, 7) is 8.13. The van der Waals surface area contributed by atoms with Gasteiger partial charge in [0.05, 0.1) is 38.2 Å². The number of aliphatic imine (C=N–C) groups is 1. The van der Waals surface area contributed by atoms with E-state index in [0.717, 1.165) is 50.0 Å². The van der Waals surface area contributed by atoms with Crippen molar-refractivity contribution in [1.29, 1.82) is 0 Å². The summed E-state index contributed by atoms with van der Waals surface area (Å²) >= 11 is 0. The molecule has 2 unspecified atom stereocenters. The van der Waals surface area contributed by atoms with Crippen molar-refractivity contribution >= 4 is 5.96 Å². The second-order valence-electron chi connectivity index (χ2n) is 8.08. The van der Waals surface area contributed by atoms with Gasteiger partial charge in [0.25, 0.3) is 0 Å². The molecule has 0 bridgehead atoms. The van der Waals surface area contributed by atoms with E-state index >= 15 is 0 Å². The first kappa shape index (κ1) is 20.9. The van der Waals surface area contributed by atoms with Crippen LogP contribution in [0.1, 0.15) is 49.7 Å². The first-order chi connectivity index (χ1) is 14.7. The van der Waals surface area contributed by atoms with Gasteiger partial charge in [0.2, 0.25) is 0 Å². The highest BCUT2D eigenvalue weighted by molar-refractivity contribution is 5.80. The monoisotopic (exact) mass is 414 g/mol. The first-order valence-electron chi connectivity index (χ1n) is 11.2. The molecule has 0 radical (unpaired) electrons. The molecule has 4 heterocycles. The minimum atomic E-state index is 0.0132. The lowest BCUT2D eigenvalue weighted by molar-refractivity contribution is -0.00810. The summed E-state index contributed by atoms with van der Waals surface area (Å²) in [6.07, 6.45) is 9.51. The average molecular weight is 415 g/mol. The molecule has 2 aromatic heterocycles. The van der Waals surface area contributed by atoms with Crippen LogP contribution in [0.4, 0.5) is 0 Å². The van der Waals surface area contributed by atoms with E-state index in [1.807, 2.05) is 30.2 Å². The SMILES string of the molecule is CCNC(=NCC(c1ccco1)N1CCCCC1)N1CCOC(c2cnn(C)c2)C1. The van der Waals surface area contributed by atoms with Crippen LogP contribution in [0.5, 0.6) is 0 Å². The summed E-state index contributed by atoms with van der Waals surface area (Å²) in [4.78, 5) is 9.88. The molecule has 2 aromatic rings. The maximum atomic E-state index is 6.01. The molecule has 2 aliphatic heterocycles. The summed E-state index contributed by atoms with van der Waals surface area (Å²) in [5.74, 6) is 1.95. The molecule has 8 nitrogen and oxygen atoms in total. The molecule has 8 heteroatoms. The Hall–Kier alpha value is -2.32. The molecule has 2 fully saturated rings. The van der Waals surface area contributed by atoms with Gasteiger partial charge >= 0.3 is 0 Å². The number of piperidine rings is 1. The number of nitrogens with one attached hydrogen (secondary N) is 1. The van der Waals surface area contributed by atoms with E-state index in [0.29, 0.717) is 13.2 Å². The number of rotatable bonds is 6. The standard InChI is InChI=1S/C22H34N6O2/c1-3-23-22(28-11-13-30-21(17-28)18-14-25-26(2)16-18)24-15-19(20-8-7-12-29-20)27-9-5-4-6-10-27/h7-8,12,14,16,19,21H,3-6,9-11,13,15,17H2,1-2H3,(H,23,24). The van der Waals surface area contributed by atoms with Gasteiger partial charge in [-0.05, 0) is 45.0 Å². The number of hydrogen-bond acceptors (Lipinski definition) is 5. The number of nitrogens with zero attached hydrogens (tertiary/aromatic N) is 5. The topological polar surface area (TPSA) is 71.1 Å². The second kappa shape index (κ2) is 10.1. The van der Waals surface area contributed by atoms with Crippen molar-refractivity contribution < 1.29 is 9.15 Å². The lowest BCUT2D eigenvalue weighted by atomic mass is 10.1. The molecule has 164 valence electrons. The zero-order chi connectivity index (χ0) is 20.8. The second-order valence-corrected chi connectivity index (χ2v) is 8.08. The quantitative estimate of drug-likeness (QED) is 0.579. The molecule has 4 rings (SSSR count). The molecule has 2 aliphatic rings. The Bertz CT molecular complexity index is 796. The zero-order valence-corrected chi connectivity index (χ0v) is 18.2. The maximum Gasteiger partial charge on any atom is 0.194 e. The molecule has 0 saturated carbocycles. The molecule has 30 heavy (non-hydrogen) atoms. The average Bonchev–Trinajstić information content (AvgIpc) is 3.46. The van der Waals surface area contributed by atoms with Crippen molar-refractivity contribution in [2.75, 3.05) is 45.9 Å². The summed E-state index contributed by atoms with van der Waals surface area (Å²) in [5, 5.41) is 7.78. The van der Waals surface area contributed by atoms with E-state index in [-0.39, 0.29) is 12.1 Å². The smallest absolute Gasteiger partial charge is 0.194 e. The molecule has 0 aliphatic carbocycles. The van der Waals surface area contributed by atoms with Crippen LogP contribution in [-0.4, -0.2) is 71.4 Å². The van der Waals surface area contributed by atoms with Crippen LogP contribution in [0, 0.1) is 0 Å². The van der Waals surface area contributed by atoms with Crippen LogP contribution in [0.25, 0.3) is 0 Å². The minimum Gasteiger partial charge on any atom is -0.468 e. The first-order valence-corrected chi connectivity index (χ1v) is 11.2. The Morgan fingerprint density at radius 3 is 2.87 bits per heavy atom. The fraction of sp³-hybridized carbons (Fsp3) is 0.636. The number of ether oxygens (including phenoxy) is 1. The van der Waals surface area contributed by atoms with Gasteiger partial charge in [0.1, 0.15) is 11.9 Å². The number of furan rings is 1. The van der Waals surface area contributed by atoms with E-state index in [9.17, 15) is 0 Å². The highest BCUT2D eigenvalue weighted by Crippen LogP contribution is 2.26. The van der Waals surface area contributed by atoms with Gasteiger partial charge in [-0.15, -0.1) is 0 Å². The Balaban J connectivity index is 1.48. The van der Waals surface area contributed by atoms with Crippen molar-refractivity contribution in [3.8, 4) is 0 Å². The minimum absolute atomic E-state index is 0.0132. The fourth-order valence-corrected chi connectivity index (χ4v) is 4.34. The zero-order valence-electron chi connectivity index (χ0n) is 18.2. The van der Waals surface area contributed by atoms with E-state index in [4.69, 9.17) is 14.1 Å². The molecular formula is C22H34N6O2. The summed E-state index contributed by atoms with van der Waals surface area (Å²) in [6, 6.07) is 4.24. The third-order valence-electron chi connectivity index (χ3n) is 5.91. The molecule has 0 aromatic carbocycles. The number of morpholine rings is 1. The van der Waals surface area contributed by atoms with Crippen LogP contribution >= 0.6 is 0 Å². The van der Waals surface area contributed by atoms with Gasteiger partial charge < -0.3 is 19.4 Å². The summed E-state index contributed by atoms with van der Waals surface area (Å²) in [5.41, 5.74) is 1.11. The van der Waals surface area contributed by atoms with E-state index in [1.165, 1.54) is 19.3 Å². The normalized spacial score (nSPS) is 22.3. The maximum absolute atomic E-state index is 6.01. The highest BCUT2D eigenvalue weighted by atomic mass is 16.5. The third kappa shape index (κ3) is 5.05. The lowest BCUT2D eigenvalue weighted by Gasteiger charge is -2.36. The van der Waals surface area contributed by atoms with E-state index < -0.39 is 0 Å². The van der Waals surface area contributed by atoms with E-state index in [1.54, 1.807) is 6.26 Å². The van der Waals surface area contributed by atoms with Crippen LogP contribution in [0.3, 0.4) is 0 Å². The van der Waals surface area contributed by atoms with Gasteiger partial charge in [-0.3, -0.25) is 14.6 Å². The van der Waals surface area contributed by atoms with Crippen LogP contribution in [-0.2, 0) is 11.8 Å². The van der Waals surface area contributed by atoms with Crippen molar-refractivity contribution in [3.05, 3.63) is 42.1 Å². The molecule has 2 saturated heterocycles. The van der Waals surface area contributed by atoms with Crippen molar-refractivity contribution in [1.82, 2.24) is 24.9 Å². The van der Waals surface area contributed by atoms with Gasteiger partial charge in [0, 0.05) is 31.9 Å². The molecule has 1 N–H and O–H groups in total. The Morgan fingerprint density at radius 2 is 2.17 bits per heavy atom. The molecule has 2 atom stereocenters. The number of guanidine groups is 1. The van der Waals surface area contributed by atoms with Crippen molar-refractivity contribution in [2.45, 2.75) is 38.3 Å². The number of aromatic nitrogens is 2. The summed E-state index contributed by atoms with van der Waals surface area (Å²) < 4.78 is 13.6. The van der Waals surface area contributed by atoms with Crippen LogP contribution in [0.2, 0.25) is 0 Å². The predicted molar refractivity (Wildman–Crippen MR) is 116 cm³/mol. The third-order valence-corrected chi connectivity index (χ3v) is 5.91. The molecule has 0 amide bonds. The Labute approximate surface area is 178 Å². The van der Waals surface area contributed by atoms with E-state index in [2.05, 4.69) is 33.2 Å². The lowest BCUT2D eigenvalue weighted by Crippen LogP contribution is -2.48. The molecule has 0 spiro atoms. The Kier molecular flexibility index (Phi) is 7.07. The van der Waals surface area contributed by atoms with Gasteiger partial charge in [-0.25, -0.2) is 0 Å². The molecular weight excluding hydrogens is 380 g/mol. The predicted octanol–water partition coefficient (Wildman–Crippen LogP) is 2.58. The highest BCUT2D eigenvalue weighted by Gasteiger charge is 2.27. The Morgan fingerprint density at radius 1 is 1.30 bits per heavy atom. The van der Waals surface area contributed by atoms with Crippen LogP contribution in [0.15, 0.2) is 40.2 Å². The van der Waals surface area contributed by atoms with Crippen LogP contribution < -0.4 is 5.32 Å². The number of aryl methyl sites for hydroxylation is 1. The van der Waals surface area contributed by atoms with Gasteiger partial charge in [0.15, 0.2) is 5.96 Å². The summed E-state index contributed by atoms with van der Waals surface area (Å²) in [7, 11) is 1.94. The number of likely N-dealkylation sites (tertiary alicyclic amines) is 1. The fourth-order valence-electron chi connectivity index (χ4n) is 4.34. The van der Waals surface area contributed by atoms with Crippen molar-refractivity contribution in [2.24, 2.45) is 12.0 Å². The number of hydrogen-bond donors (Lipinski definition) is 1. The van der Waals surface area contributed by atoms with Gasteiger partial charge in [-0.2, -0.15) is 5.10 Å². The largest absolute Gasteiger partial charge is 0.468 e. The van der Waals surface area contributed by atoms with Crippen molar-refractivity contribution in [3.63, 3.8) is 0 Å². The van der Waals surface area contributed by atoms with Gasteiger partial charge in [-0.1, -0.05) is 6.42 Å².